The molecular weight excluding hydrogens is 207 g/mol. The van der Waals surface area contributed by atoms with Gasteiger partial charge in [-0.15, -0.1) is 0 Å². The molecular formula is C4H4AgN2Na. The van der Waals surface area contributed by atoms with E-state index in [1.807, 2.05) is 12.1 Å². The minimum atomic E-state index is 0. The molecule has 0 bridgehead atoms. The third-order valence-electron chi connectivity index (χ3n) is 0.483. The fraction of sp³-hybridized carbons (Fsp3) is 0. The monoisotopic (exact) mass is 210 g/mol. The van der Waals surface area contributed by atoms with Gasteiger partial charge >= 0.3 is 0 Å². The molecule has 42 valence electrons. The molecule has 0 saturated carbocycles. The minimum Gasteiger partial charge on any atom is -0.159 e. The topological polar surface area (TPSA) is 25.8 Å². The van der Waals surface area contributed by atoms with Crippen molar-refractivity contribution in [2.45, 2.75) is 0 Å². The summed E-state index contributed by atoms with van der Waals surface area (Å²) in [6, 6.07) is 3.65. The third kappa shape index (κ3) is 4.97. The van der Waals surface area contributed by atoms with Crippen LogP contribution in [-0.2, 0) is 22.4 Å². The molecule has 0 amide bonds. The number of aromatic nitrogens is 2. The number of rotatable bonds is 0. The van der Waals surface area contributed by atoms with Gasteiger partial charge in [0.25, 0.3) is 0 Å². The molecule has 0 aliphatic heterocycles. The van der Waals surface area contributed by atoms with E-state index in [1.165, 1.54) is 0 Å². The molecule has 0 fully saturated rings. The van der Waals surface area contributed by atoms with Crippen LogP contribution in [0.5, 0.6) is 0 Å². The van der Waals surface area contributed by atoms with Crippen molar-refractivity contribution in [3.8, 4) is 0 Å². The van der Waals surface area contributed by atoms with E-state index < -0.39 is 0 Å². The second-order valence-corrected chi connectivity index (χ2v) is 0.914. The molecule has 1 aromatic heterocycles. The van der Waals surface area contributed by atoms with Crippen LogP contribution in [0.15, 0.2) is 24.5 Å². The Morgan fingerprint density at radius 2 is 1.25 bits per heavy atom. The fourth-order valence-electron chi connectivity index (χ4n) is 0.253. The molecule has 0 N–H and O–H groups in total. The second kappa shape index (κ2) is 7.82. The molecule has 0 spiro atoms. The summed E-state index contributed by atoms with van der Waals surface area (Å²) in [7, 11) is 0. The first-order valence-electron chi connectivity index (χ1n) is 1.72. The average Bonchev–Trinajstić information content (AvgIpc) is 1.72. The van der Waals surface area contributed by atoms with Gasteiger partial charge in [-0.25, -0.2) is 0 Å². The molecule has 2 nitrogen and oxygen atoms in total. The normalized spacial score (nSPS) is 6.00. The Balaban J connectivity index is 0. The molecule has 0 aliphatic carbocycles. The maximum atomic E-state index is 3.53. The average molecular weight is 211 g/mol. The van der Waals surface area contributed by atoms with Gasteiger partial charge in [-0.1, -0.05) is 0 Å². The van der Waals surface area contributed by atoms with E-state index in [0.717, 1.165) is 0 Å². The van der Waals surface area contributed by atoms with Gasteiger partial charge in [-0.3, -0.25) is 0 Å². The quantitative estimate of drug-likeness (QED) is 0.568. The van der Waals surface area contributed by atoms with Gasteiger partial charge in [-0.05, 0) is 12.1 Å². The van der Waals surface area contributed by atoms with Crippen LogP contribution in [0.2, 0.25) is 0 Å². The summed E-state index contributed by atoms with van der Waals surface area (Å²) < 4.78 is 0. The van der Waals surface area contributed by atoms with E-state index in [-0.39, 0.29) is 51.9 Å². The smallest absolute Gasteiger partial charge is 0.0496 e. The predicted molar refractivity (Wildman–Crippen MR) is 27.8 cm³/mol. The molecule has 1 rings (SSSR count). The van der Waals surface area contributed by atoms with E-state index in [0.29, 0.717) is 0 Å². The Labute approximate surface area is 85.9 Å². The summed E-state index contributed by atoms with van der Waals surface area (Å²) in [6.07, 6.45) is 3.28. The van der Waals surface area contributed by atoms with E-state index in [4.69, 9.17) is 0 Å². The number of hydrogen-bond acceptors (Lipinski definition) is 2. The minimum absolute atomic E-state index is 0. The van der Waals surface area contributed by atoms with Crippen molar-refractivity contribution in [2.75, 3.05) is 0 Å². The molecule has 0 atom stereocenters. The third-order valence-corrected chi connectivity index (χ3v) is 0.483. The van der Waals surface area contributed by atoms with Gasteiger partial charge < -0.3 is 0 Å². The van der Waals surface area contributed by atoms with E-state index >= 15 is 0 Å². The molecule has 2 radical (unpaired) electrons. The number of nitrogens with zero attached hydrogens (tertiary/aromatic N) is 2. The van der Waals surface area contributed by atoms with Crippen molar-refractivity contribution < 1.29 is 22.4 Å². The van der Waals surface area contributed by atoms with Crippen molar-refractivity contribution in [3.05, 3.63) is 24.5 Å². The maximum absolute atomic E-state index is 3.53. The van der Waals surface area contributed by atoms with Crippen molar-refractivity contribution >= 4 is 29.6 Å². The van der Waals surface area contributed by atoms with Gasteiger partial charge in [-0.2, -0.15) is 10.2 Å². The molecule has 1 aromatic rings. The zero-order valence-corrected chi connectivity index (χ0v) is 7.99. The predicted octanol–water partition coefficient (Wildman–Crippen LogP) is 0.0933. The number of hydrogen-bond donors (Lipinski definition) is 0. The molecule has 0 aliphatic rings. The molecule has 0 saturated heterocycles. The van der Waals surface area contributed by atoms with Crippen LogP contribution < -0.4 is 0 Å². The van der Waals surface area contributed by atoms with Crippen molar-refractivity contribution in [3.63, 3.8) is 0 Å². The summed E-state index contributed by atoms with van der Waals surface area (Å²) in [4.78, 5) is 0. The van der Waals surface area contributed by atoms with Gasteiger partial charge in [0.1, 0.15) is 0 Å². The van der Waals surface area contributed by atoms with Crippen LogP contribution in [0, 0.1) is 0 Å². The van der Waals surface area contributed by atoms with Gasteiger partial charge in [0.15, 0.2) is 0 Å². The Bertz CT molecular complexity index is 86.0. The zero-order chi connectivity index (χ0) is 4.24. The Morgan fingerprint density at radius 3 is 1.38 bits per heavy atom. The van der Waals surface area contributed by atoms with Gasteiger partial charge in [0.2, 0.25) is 0 Å². The van der Waals surface area contributed by atoms with Crippen molar-refractivity contribution in [1.82, 2.24) is 10.2 Å². The maximum Gasteiger partial charge on any atom is 0.0496 e. The van der Waals surface area contributed by atoms with Crippen LogP contribution >= 0.6 is 0 Å². The van der Waals surface area contributed by atoms with E-state index in [2.05, 4.69) is 10.2 Å². The van der Waals surface area contributed by atoms with Gasteiger partial charge in [0, 0.05) is 64.3 Å². The summed E-state index contributed by atoms with van der Waals surface area (Å²) in [5.74, 6) is 0. The molecule has 4 heteroatoms. The van der Waals surface area contributed by atoms with Crippen LogP contribution in [0.3, 0.4) is 0 Å². The Hall–Kier alpha value is 0.820. The summed E-state index contributed by atoms with van der Waals surface area (Å²) in [5, 5.41) is 7.07. The molecule has 1 heterocycles. The zero-order valence-electron chi connectivity index (χ0n) is 4.51. The first-order chi connectivity index (χ1) is 3.00. The first-order valence-corrected chi connectivity index (χ1v) is 1.72. The summed E-state index contributed by atoms with van der Waals surface area (Å²) in [5.41, 5.74) is 0. The first kappa shape index (κ1) is 11.6. The Morgan fingerprint density at radius 1 is 0.875 bits per heavy atom. The Kier molecular flexibility index (Phi) is 11.3. The second-order valence-electron chi connectivity index (χ2n) is 0.914. The van der Waals surface area contributed by atoms with Gasteiger partial charge in [0.05, 0.1) is 0 Å². The van der Waals surface area contributed by atoms with E-state index in [1.54, 1.807) is 12.4 Å². The van der Waals surface area contributed by atoms with Crippen molar-refractivity contribution in [2.24, 2.45) is 0 Å². The van der Waals surface area contributed by atoms with Crippen molar-refractivity contribution in [1.29, 1.82) is 0 Å². The largest absolute Gasteiger partial charge is 0.159 e. The summed E-state index contributed by atoms with van der Waals surface area (Å²) >= 11 is 0. The molecule has 0 unspecified atom stereocenters. The van der Waals surface area contributed by atoms with Crippen LogP contribution in [0.4, 0.5) is 0 Å². The van der Waals surface area contributed by atoms with Crippen LogP contribution in [-0.4, -0.2) is 39.8 Å². The summed E-state index contributed by atoms with van der Waals surface area (Å²) in [6.45, 7) is 0. The molecule has 8 heavy (non-hydrogen) atoms. The van der Waals surface area contributed by atoms with E-state index in [9.17, 15) is 0 Å². The van der Waals surface area contributed by atoms with Crippen LogP contribution in [0.1, 0.15) is 0 Å². The standard InChI is InChI=1S/C4H4N2.Ag.Na/c1-2-4-6-5-3-1;;/h1-4H;;. The van der Waals surface area contributed by atoms with Crippen LogP contribution in [0.25, 0.3) is 0 Å². The fourth-order valence-corrected chi connectivity index (χ4v) is 0.253. The SMILES string of the molecule is [Ag].[Na].c1ccnnc1. The molecule has 0 aromatic carbocycles.